The molecule has 5 aromatic rings. The van der Waals surface area contributed by atoms with E-state index in [9.17, 15) is 9.59 Å². The number of benzene rings is 3. The van der Waals surface area contributed by atoms with E-state index in [2.05, 4.69) is 15.6 Å². The van der Waals surface area contributed by atoms with Gasteiger partial charge in [-0.2, -0.15) is 0 Å². The molecule has 8 heteroatoms. The molecule has 0 aliphatic carbocycles. The maximum absolute atomic E-state index is 13.9. The van der Waals surface area contributed by atoms with E-state index in [-0.39, 0.29) is 5.78 Å². The van der Waals surface area contributed by atoms with Gasteiger partial charge >= 0.3 is 6.09 Å². The Labute approximate surface area is 242 Å². The van der Waals surface area contributed by atoms with Gasteiger partial charge in [0.2, 0.25) is 5.78 Å². The van der Waals surface area contributed by atoms with Crippen LogP contribution in [-0.2, 0) is 11.3 Å². The zero-order valence-electron chi connectivity index (χ0n) is 22.3. The normalized spacial score (nSPS) is 11.3. The third kappa shape index (κ3) is 6.50. The number of anilines is 2. The van der Waals surface area contributed by atoms with Crippen molar-refractivity contribution in [3.05, 3.63) is 112 Å². The topological polar surface area (TPSA) is 80.3 Å². The van der Waals surface area contributed by atoms with Crippen molar-refractivity contribution in [1.82, 2.24) is 4.98 Å². The minimum atomic E-state index is -0.579. The number of ketones is 1. The number of aromatic nitrogens is 1. The van der Waals surface area contributed by atoms with Crippen LogP contribution in [0.15, 0.2) is 91.3 Å². The molecular formula is C32H28ClN3O3S. The lowest BCUT2D eigenvalue weighted by Crippen LogP contribution is -2.27. The zero-order valence-corrected chi connectivity index (χ0v) is 23.9. The van der Waals surface area contributed by atoms with Crippen LogP contribution in [-0.4, -0.2) is 22.5 Å². The molecule has 0 aliphatic rings. The summed E-state index contributed by atoms with van der Waals surface area (Å²) in [6.45, 7) is 5.82. The number of carbonyl (C=O) groups excluding carboxylic acids is 2. The van der Waals surface area contributed by atoms with Gasteiger partial charge < -0.3 is 10.1 Å². The molecule has 0 spiro atoms. The highest BCUT2D eigenvalue weighted by atomic mass is 35.5. The third-order valence-electron chi connectivity index (χ3n) is 6.07. The second-order valence-corrected chi connectivity index (χ2v) is 11.8. The highest BCUT2D eigenvalue weighted by molar-refractivity contribution is 7.21. The Morgan fingerprint density at radius 1 is 0.950 bits per heavy atom. The molecule has 3 aromatic carbocycles. The SMILES string of the molecule is CC(C)(C)OC(=O)Nc1ccc(NCc2cc(Cl)c(-c3cccnc3)cc2C(=O)c2cc3ccccc3s2)cc1. The van der Waals surface area contributed by atoms with Crippen molar-refractivity contribution in [3.8, 4) is 11.1 Å². The van der Waals surface area contributed by atoms with Crippen LogP contribution in [0.1, 0.15) is 41.6 Å². The summed E-state index contributed by atoms with van der Waals surface area (Å²) in [5, 5.41) is 7.68. The molecule has 1 amide bonds. The smallest absolute Gasteiger partial charge is 0.412 e. The maximum Gasteiger partial charge on any atom is 0.412 e. The third-order valence-corrected chi connectivity index (χ3v) is 7.50. The number of amides is 1. The number of carbonyl (C=O) groups is 2. The molecule has 0 saturated heterocycles. The molecule has 0 unspecified atom stereocenters. The first-order valence-electron chi connectivity index (χ1n) is 12.8. The maximum atomic E-state index is 13.9. The van der Waals surface area contributed by atoms with Crippen molar-refractivity contribution in [3.63, 3.8) is 0 Å². The predicted octanol–water partition coefficient (Wildman–Crippen LogP) is 8.81. The van der Waals surface area contributed by atoms with Crippen LogP contribution in [0.4, 0.5) is 16.2 Å². The number of ether oxygens (including phenoxy) is 1. The number of fused-ring (bicyclic) bond motifs is 1. The van der Waals surface area contributed by atoms with Gasteiger partial charge in [0.15, 0.2) is 0 Å². The Morgan fingerprint density at radius 2 is 1.70 bits per heavy atom. The van der Waals surface area contributed by atoms with Crippen LogP contribution in [0.3, 0.4) is 0 Å². The molecule has 2 heterocycles. The zero-order chi connectivity index (χ0) is 28.3. The number of nitrogens with one attached hydrogen (secondary N) is 2. The highest BCUT2D eigenvalue weighted by Gasteiger charge is 2.20. The second kappa shape index (κ2) is 11.5. The first-order chi connectivity index (χ1) is 19.2. The van der Waals surface area contributed by atoms with Gasteiger partial charge in [0.25, 0.3) is 0 Å². The molecule has 0 saturated carbocycles. The van der Waals surface area contributed by atoms with Crippen molar-refractivity contribution in [1.29, 1.82) is 0 Å². The summed E-state index contributed by atoms with van der Waals surface area (Å²) in [6.07, 6.45) is 2.92. The molecule has 2 aromatic heterocycles. The summed E-state index contributed by atoms with van der Waals surface area (Å²) >= 11 is 8.21. The summed E-state index contributed by atoms with van der Waals surface area (Å²) in [6, 6.07) is 24.7. The van der Waals surface area contributed by atoms with Gasteiger partial charge in [0.05, 0.1) is 4.88 Å². The van der Waals surface area contributed by atoms with E-state index in [4.69, 9.17) is 16.3 Å². The Hall–Kier alpha value is -4.20. The molecule has 0 fully saturated rings. The Morgan fingerprint density at radius 3 is 2.40 bits per heavy atom. The van der Waals surface area contributed by atoms with Gasteiger partial charge in [-0.1, -0.05) is 35.9 Å². The number of thiophene rings is 1. The van der Waals surface area contributed by atoms with Gasteiger partial charge in [-0.05, 0) is 86.3 Å². The van der Waals surface area contributed by atoms with Gasteiger partial charge in [-0.15, -0.1) is 11.3 Å². The molecule has 2 N–H and O–H groups in total. The molecular weight excluding hydrogens is 542 g/mol. The summed E-state index contributed by atoms with van der Waals surface area (Å²) in [5.74, 6) is -0.0586. The van der Waals surface area contributed by atoms with Crippen LogP contribution >= 0.6 is 22.9 Å². The summed E-state index contributed by atoms with van der Waals surface area (Å²) in [4.78, 5) is 30.8. The van der Waals surface area contributed by atoms with Crippen molar-refractivity contribution >= 4 is 56.3 Å². The Kier molecular flexibility index (Phi) is 7.87. The average molecular weight is 570 g/mol. The molecule has 40 heavy (non-hydrogen) atoms. The van der Waals surface area contributed by atoms with Crippen LogP contribution in [0.25, 0.3) is 21.2 Å². The average Bonchev–Trinajstić information content (AvgIpc) is 3.36. The molecule has 0 atom stereocenters. The summed E-state index contributed by atoms with van der Waals surface area (Å²) < 4.78 is 6.37. The monoisotopic (exact) mass is 569 g/mol. The fourth-order valence-electron chi connectivity index (χ4n) is 4.23. The van der Waals surface area contributed by atoms with Crippen LogP contribution in [0.2, 0.25) is 5.02 Å². The molecule has 202 valence electrons. The summed E-state index contributed by atoms with van der Waals surface area (Å²) in [5.41, 5.74) is 3.80. The lowest BCUT2D eigenvalue weighted by molar-refractivity contribution is 0.0635. The first kappa shape index (κ1) is 27.4. The molecule has 0 bridgehead atoms. The van der Waals surface area contributed by atoms with Gasteiger partial charge in [-0.25, -0.2) is 4.79 Å². The largest absolute Gasteiger partial charge is 0.444 e. The minimum Gasteiger partial charge on any atom is -0.444 e. The van der Waals surface area contributed by atoms with Gasteiger partial charge in [-0.3, -0.25) is 15.1 Å². The quantitative estimate of drug-likeness (QED) is 0.191. The van der Waals surface area contributed by atoms with Crippen LogP contribution in [0, 0.1) is 0 Å². The fourth-order valence-corrected chi connectivity index (χ4v) is 5.54. The predicted molar refractivity (Wildman–Crippen MR) is 164 cm³/mol. The number of rotatable bonds is 7. The van der Waals surface area contributed by atoms with E-state index in [0.29, 0.717) is 27.7 Å². The van der Waals surface area contributed by atoms with Gasteiger partial charge in [0.1, 0.15) is 5.60 Å². The first-order valence-corrected chi connectivity index (χ1v) is 14.0. The standard InChI is InChI=1S/C32H28ClN3O3S/c1-32(2,3)39-31(38)36-24-12-10-23(11-13-24)35-19-22-15-27(33)25(21-8-6-14-34-18-21)17-26(22)30(37)29-16-20-7-4-5-9-28(20)40-29/h4-18,35H,19H2,1-3H3,(H,36,38). The number of hydrogen-bond donors (Lipinski definition) is 2. The van der Waals surface area contributed by atoms with E-state index >= 15 is 0 Å². The highest BCUT2D eigenvalue weighted by Crippen LogP contribution is 2.34. The van der Waals surface area contributed by atoms with Crippen molar-refractivity contribution in [2.24, 2.45) is 0 Å². The molecule has 6 nitrogen and oxygen atoms in total. The van der Waals surface area contributed by atoms with Crippen LogP contribution in [0.5, 0.6) is 0 Å². The van der Waals surface area contributed by atoms with E-state index < -0.39 is 11.7 Å². The van der Waals surface area contributed by atoms with Crippen LogP contribution < -0.4 is 10.6 Å². The van der Waals surface area contributed by atoms with Crippen molar-refractivity contribution < 1.29 is 14.3 Å². The van der Waals surface area contributed by atoms with Gasteiger partial charge in [0, 0.05) is 56.7 Å². The molecule has 0 aliphatic heterocycles. The van der Waals surface area contributed by atoms with E-state index in [1.807, 2.05) is 87.5 Å². The number of halogens is 1. The Bertz CT molecular complexity index is 1640. The molecule has 5 rings (SSSR count). The Balaban J connectivity index is 1.41. The van der Waals surface area contributed by atoms with Crippen molar-refractivity contribution in [2.75, 3.05) is 10.6 Å². The number of hydrogen-bond acceptors (Lipinski definition) is 6. The lowest BCUT2D eigenvalue weighted by atomic mass is 9.96. The fraction of sp³-hybridized carbons (Fsp3) is 0.156. The van der Waals surface area contributed by atoms with Crippen molar-refractivity contribution in [2.45, 2.75) is 32.9 Å². The molecule has 0 radical (unpaired) electrons. The lowest BCUT2D eigenvalue weighted by Gasteiger charge is -2.19. The van der Waals surface area contributed by atoms with E-state index in [0.717, 1.165) is 32.5 Å². The summed E-state index contributed by atoms with van der Waals surface area (Å²) in [7, 11) is 0. The van der Waals surface area contributed by atoms with E-state index in [1.54, 1.807) is 24.5 Å². The minimum absolute atomic E-state index is 0.0586. The second-order valence-electron chi connectivity index (χ2n) is 10.3. The number of nitrogens with zero attached hydrogens (tertiary/aromatic N) is 1. The van der Waals surface area contributed by atoms with E-state index in [1.165, 1.54) is 11.3 Å². The number of pyridine rings is 1.